The van der Waals surface area contributed by atoms with E-state index in [4.69, 9.17) is 5.11 Å². The van der Waals surface area contributed by atoms with Gasteiger partial charge in [0.05, 0.1) is 0 Å². The Morgan fingerprint density at radius 2 is 2.00 bits per heavy atom. The van der Waals surface area contributed by atoms with Crippen LogP contribution in [0.3, 0.4) is 0 Å². The Bertz CT molecular complexity index is 218. The van der Waals surface area contributed by atoms with Gasteiger partial charge in [0.2, 0.25) is 0 Å². The molecule has 1 N–H and O–H groups in total. The van der Waals surface area contributed by atoms with E-state index in [0.29, 0.717) is 12.8 Å². The van der Waals surface area contributed by atoms with Gasteiger partial charge in [-0.2, -0.15) is 0 Å². The molecule has 0 aliphatic heterocycles. The zero-order valence-corrected chi connectivity index (χ0v) is 8.17. The Morgan fingerprint density at radius 3 is 2.38 bits per heavy atom. The maximum atomic E-state index is 11.0. The molecule has 0 aliphatic carbocycles. The largest absolute Gasteiger partial charge is 0.481 e. The molecule has 0 rings (SSSR count). The summed E-state index contributed by atoms with van der Waals surface area (Å²) in [6, 6.07) is 0. The van der Waals surface area contributed by atoms with Gasteiger partial charge in [0, 0.05) is 6.42 Å². The summed E-state index contributed by atoms with van der Waals surface area (Å²) >= 11 is 0. The molecule has 0 radical (unpaired) electrons. The Kier molecular flexibility index (Phi) is 5.04. The van der Waals surface area contributed by atoms with Crippen molar-refractivity contribution >= 4 is 11.8 Å². The molecule has 0 aliphatic rings. The summed E-state index contributed by atoms with van der Waals surface area (Å²) in [6.07, 6.45) is 0.671. The summed E-state index contributed by atoms with van der Waals surface area (Å²) in [5.74, 6) is -0.966. The lowest BCUT2D eigenvalue weighted by Crippen LogP contribution is -2.08. The van der Waals surface area contributed by atoms with Gasteiger partial charge in [-0.15, -0.1) is 0 Å². The number of Topliss-reactive ketones (excluding diaryl/α,β-unsaturated/α-hetero) is 1. The highest BCUT2D eigenvalue weighted by Crippen LogP contribution is 2.14. The number of carbonyl (C=O) groups is 2. The minimum Gasteiger partial charge on any atom is -0.481 e. The Hall–Kier alpha value is -1.12. The normalized spacial score (nSPS) is 12.2. The summed E-state index contributed by atoms with van der Waals surface area (Å²) in [6.45, 7) is 7.66. The molecule has 0 saturated heterocycles. The van der Waals surface area contributed by atoms with E-state index >= 15 is 0 Å². The Balaban J connectivity index is 3.70. The second-order valence-electron chi connectivity index (χ2n) is 3.40. The fraction of sp³-hybridized carbons (Fsp3) is 0.600. The molecule has 74 valence electrons. The van der Waals surface area contributed by atoms with Crippen LogP contribution in [0.5, 0.6) is 0 Å². The third-order valence-electron chi connectivity index (χ3n) is 2.05. The van der Waals surface area contributed by atoms with Crippen molar-refractivity contribution < 1.29 is 14.7 Å². The molecule has 0 amide bonds. The molecule has 0 aromatic carbocycles. The van der Waals surface area contributed by atoms with E-state index in [1.807, 2.05) is 13.8 Å². The molecule has 0 spiro atoms. The maximum Gasteiger partial charge on any atom is 0.310 e. The number of rotatable bonds is 6. The van der Waals surface area contributed by atoms with Crippen molar-refractivity contribution in [1.29, 1.82) is 0 Å². The van der Waals surface area contributed by atoms with E-state index in [1.165, 1.54) is 0 Å². The third kappa shape index (κ3) is 6.08. The number of aliphatic carboxylic acids is 1. The summed E-state index contributed by atoms with van der Waals surface area (Å²) in [5.41, 5.74) is 1.03. The SMILES string of the molecule is C=C(C)C(C)CCC(=O)CC(=O)O. The molecule has 13 heavy (non-hydrogen) atoms. The zero-order valence-electron chi connectivity index (χ0n) is 8.17. The number of carboxylic acids is 1. The Labute approximate surface area is 78.5 Å². The number of allylic oxidation sites excluding steroid dienone is 1. The van der Waals surface area contributed by atoms with E-state index in [1.54, 1.807) is 0 Å². The monoisotopic (exact) mass is 184 g/mol. The molecule has 1 unspecified atom stereocenters. The van der Waals surface area contributed by atoms with E-state index in [9.17, 15) is 9.59 Å². The fourth-order valence-electron chi connectivity index (χ4n) is 0.881. The molecular formula is C10H16O3. The van der Waals surface area contributed by atoms with Crippen LogP contribution in [-0.4, -0.2) is 16.9 Å². The number of hydrogen-bond acceptors (Lipinski definition) is 2. The van der Waals surface area contributed by atoms with Crippen LogP contribution in [0.2, 0.25) is 0 Å². The molecular weight excluding hydrogens is 168 g/mol. The maximum absolute atomic E-state index is 11.0. The Morgan fingerprint density at radius 1 is 1.46 bits per heavy atom. The standard InChI is InChI=1S/C10H16O3/c1-7(2)8(3)4-5-9(11)6-10(12)13/h8H,1,4-6H2,2-3H3,(H,12,13). The number of hydrogen-bond donors (Lipinski definition) is 1. The van der Waals surface area contributed by atoms with Crippen LogP contribution in [0, 0.1) is 5.92 Å². The third-order valence-corrected chi connectivity index (χ3v) is 2.05. The summed E-state index contributed by atoms with van der Waals surface area (Å²) in [7, 11) is 0. The van der Waals surface area contributed by atoms with Crippen LogP contribution in [0.25, 0.3) is 0 Å². The minimum absolute atomic E-state index is 0.208. The van der Waals surface area contributed by atoms with E-state index in [-0.39, 0.29) is 18.1 Å². The van der Waals surface area contributed by atoms with Crippen molar-refractivity contribution in [3.05, 3.63) is 12.2 Å². The van der Waals surface area contributed by atoms with Crippen molar-refractivity contribution in [3.8, 4) is 0 Å². The van der Waals surface area contributed by atoms with Gasteiger partial charge in [0.1, 0.15) is 12.2 Å². The van der Waals surface area contributed by atoms with E-state index in [2.05, 4.69) is 6.58 Å². The molecule has 0 fully saturated rings. The summed E-state index contributed by atoms with van der Waals surface area (Å²) < 4.78 is 0. The number of carboxylic acid groups (broad SMARTS) is 1. The van der Waals surface area contributed by atoms with Crippen LogP contribution < -0.4 is 0 Å². The molecule has 0 aromatic rings. The van der Waals surface area contributed by atoms with Crippen LogP contribution >= 0.6 is 0 Å². The highest BCUT2D eigenvalue weighted by Gasteiger charge is 2.10. The highest BCUT2D eigenvalue weighted by atomic mass is 16.4. The first kappa shape index (κ1) is 11.9. The van der Waals surface area contributed by atoms with Crippen molar-refractivity contribution in [2.24, 2.45) is 5.92 Å². The van der Waals surface area contributed by atoms with Crippen LogP contribution in [0.15, 0.2) is 12.2 Å². The first-order chi connectivity index (χ1) is 5.93. The van der Waals surface area contributed by atoms with Crippen molar-refractivity contribution in [2.45, 2.75) is 33.1 Å². The molecule has 0 heterocycles. The van der Waals surface area contributed by atoms with Gasteiger partial charge in [0.25, 0.3) is 0 Å². The summed E-state index contributed by atoms with van der Waals surface area (Å²) in [4.78, 5) is 21.1. The average molecular weight is 184 g/mol. The van der Waals surface area contributed by atoms with Gasteiger partial charge in [0.15, 0.2) is 0 Å². The molecule has 0 saturated carbocycles. The highest BCUT2D eigenvalue weighted by molar-refractivity contribution is 5.94. The van der Waals surface area contributed by atoms with Crippen molar-refractivity contribution in [2.75, 3.05) is 0 Å². The van der Waals surface area contributed by atoms with Crippen molar-refractivity contribution in [3.63, 3.8) is 0 Å². The topological polar surface area (TPSA) is 54.4 Å². The zero-order chi connectivity index (χ0) is 10.4. The average Bonchev–Trinajstić information content (AvgIpc) is 1.98. The van der Waals surface area contributed by atoms with Gasteiger partial charge in [-0.3, -0.25) is 9.59 Å². The second-order valence-corrected chi connectivity index (χ2v) is 3.40. The number of ketones is 1. The van der Waals surface area contributed by atoms with Gasteiger partial charge in [-0.25, -0.2) is 0 Å². The fourth-order valence-corrected chi connectivity index (χ4v) is 0.881. The minimum atomic E-state index is -1.05. The molecule has 0 aromatic heterocycles. The lowest BCUT2D eigenvalue weighted by atomic mass is 9.97. The lowest BCUT2D eigenvalue weighted by molar-refractivity contribution is -0.140. The molecule has 3 heteroatoms. The van der Waals surface area contributed by atoms with Crippen LogP contribution in [0.4, 0.5) is 0 Å². The van der Waals surface area contributed by atoms with Crippen molar-refractivity contribution in [1.82, 2.24) is 0 Å². The smallest absolute Gasteiger partial charge is 0.310 e. The lowest BCUT2D eigenvalue weighted by Gasteiger charge is -2.08. The number of carbonyl (C=O) groups excluding carboxylic acids is 1. The predicted octanol–water partition coefficient (Wildman–Crippen LogP) is 2.02. The molecule has 1 atom stereocenters. The quantitative estimate of drug-likeness (QED) is 0.507. The van der Waals surface area contributed by atoms with Gasteiger partial charge in [-0.05, 0) is 19.3 Å². The van der Waals surface area contributed by atoms with E-state index < -0.39 is 5.97 Å². The van der Waals surface area contributed by atoms with E-state index in [0.717, 1.165) is 5.57 Å². The predicted molar refractivity (Wildman–Crippen MR) is 50.5 cm³/mol. The van der Waals surface area contributed by atoms with Gasteiger partial charge < -0.3 is 5.11 Å². The van der Waals surface area contributed by atoms with Crippen LogP contribution in [-0.2, 0) is 9.59 Å². The summed E-state index contributed by atoms with van der Waals surface area (Å²) in [5, 5.41) is 8.32. The molecule has 0 bridgehead atoms. The first-order valence-corrected chi connectivity index (χ1v) is 4.32. The first-order valence-electron chi connectivity index (χ1n) is 4.32. The van der Waals surface area contributed by atoms with Gasteiger partial charge >= 0.3 is 5.97 Å². The van der Waals surface area contributed by atoms with Gasteiger partial charge in [-0.1, -0.05) is 19.1 Å². The van der Waals surface area contributed by atoms with Crippen LogP contribution in [0.1, 0.15) is 33.1 Å². The second kappa shape index (κ2) is 5.51. The molecule has 3 nitrogen and oxygen atoms in total.